The third-order valence-electron chi connectivity index (χ3n) is 4.45. The van der Waals surface area contributed by atoms with Crippen LogP contribution in [0.2, 0.25) is 0 Å². The molecule has 0 saturated heterocycles. The summed E-state index contributed by atoms with van der Waals surface area (Å²) in [6, 6.07) is 10.1. The molecule has 26 heavy (non-hydrogen) atoms. The van der Waals surface area contributed by atoms with Crippen molar-refractivity contribution in [3.05, 3.63) is 52.8 Å². The number of aromatic amines is 1. The van der Waals surface area contributed by atoms with Crippen molar-refractivity contribution in [1.29, 1.82) is 0 Å². The van der Waals surface area contributed by atoms with Crippen LogP contribution in [0.25, 0.3) is 0 Å². The second-order valence-electron chi connectivity index (χ2n) is 6.19. The van der Waals surface area contributed by atoms with Crippen LogP contribution >= 0.6 is 0 Å². The fourth-order valence-electron chi connectivity index (χ4n) is 2.95. The van der Waals surface area contributed by atoms with E-state index in [1.54, 1.807) is 6.92 Å². The maximum atomic E-state index is 12.5. The number of carbonyl (C=O) groups excluding carboxylic acids is 2. The largest absolute Gasteiger partial charge is 0.465 e. The first-order valence-electron chi connectivity index (χ1n) is 8.83. The standard InChI is InChI=1S/C20H27N3O3/c1-5-16-17(20(25)26-4)14(2)18(22-16)19(24)21-12-9-13-23(3)15-10-7-6-8-11-15/h6-8,10-11,22H,5,9,12-13H2,1-4H3,(H,21,24). The summed E-state index contributed by atoms with van der Waals surface area (Å²) in [7, 11) is 3.37. The molecule has 1 aromatic heterocycles. The summed E-state index contributed by atoms with van der Waals surface area (Å²) in [6.45, 7) is 5.09. The fourth-order valence-corrected chi connectivity index (χ4v) is 2.95. The quantitative estimate of drug-likeness (QED) is 0.563. The summed E-state index contributed by atoms with van der Waals surface area (Å²) in [6.07, 6.45) is 1.45. The first kappa shape index (κ1) is 19.6. The molecule has 2 rings (SSSR count). The summed E-state index contributed by atoms with van der Waals surface area (Å²) in [4.78, 5) is 29.6. The normalized spacial score (nSPS) is 10.5. The van der Waals surface area contributed by atoms with Crippen molar-refractivity contribution in [1.82, 2.24) is 10.3 Å². The molecule has 140 valence electrons. The van der Waals surface area contributed by atoms with E-state index < -0.39 is 5.97 Å². The number of hydrogen-bond donors (Lipinski definition) is 2. The molecule has 0 bridgehead atoms. The number of amides is 1. The molecule has 0 unspecified atom stereocenters. The van der Waals surface area contributed by atoms with Crippen LogP contribution in [0.3, 0.4) is 0 Å². The number of carbonyl (C=O) groups is 2. The lowest BCUT2D eigenvalue weighted by molar-refractivity contribution is 0.0599. The van der Waals surface area contributed by atoms with Crippen LogP contribution < -0.4 is 10.2 Å². The lowest BCUT2D eigenvalue weighted by Gasteiger charge is -2.19. The van der Waals surface area contributed by atoms with Gasteiger partial charge in [-0.15, -0.1) is 0 Å². The third-order valence-corrected chi connectivity index (χ3v) is 4.45. The van der Waals surface area contributed by atoms with Gasteiger partial charge in [-0.05, 0) is 37.5 Å². The number of nitrogens with one attached hydrogen (secondary N) is 2. The Morgan fingerprint density at radius 3 is 2.54 bits per heavy atom. The molecule has 2 N–H and O–H groups in total. The number of aryl methyl sites for hydroxylation is 1. The van der Waals surface area contributed by atoms with Crippen LogP contribution in [0.1, 0.15) is 45.4 Å². The van der Waals surface area contributed by atoms with Crippen LogP contribution in [-0.2, 0) is 11.2 Å². The van der Waals surface area contributed by atoms with Crippen molar-refractivity contribution in [2.75, 3.05) is 32.1 Å². The molecule has 6 heteroatoms. The van der Waals surface area contributed by atoms with Gasteiger partial charge in [0.2, 0.25) is 0 Å². The lowest BCUT2D eigenvalue weighted by Crippen LogP contribution is -2.28. The summed E-state index contributed by atoms with van der Waals surface area (Å²) in [5.74, 6) is -0.617. The van der Waals surface area contributed by atoms with Crippen molar-refractivity contribution in [3.63, 3.8) is 0 Å². The van der Waals surface area contributed by atoms with E-state index in [9.17, 15) is 9.59 Å². The van der Waals surface area contributed by atoms with Gasteiger partial charge < -0.3 is 19.9 Å². The van der Waals surface area contributed by atoms with E-state index in [1.165, 1.54) is 7.11 Å². The van der Waals surface area contributed by atoms with Gasteiger partial charge in [-0.2, -0.15) is 0 Å². The van der Waals surface area contributed by atoms with E-state index in [-0.39, 0.29) is 5.91 Å². The molecule has 0 aliphatic carbocycles. The number of para-hydroxylation sites is 1. The Hall–Kier alpha value is -2.76. The second-order valence-corrected chi connectivity index (χ2v) is 6.19. The molecule has 6 nitrogen and oxygen atoms in total. The number of benzene rings is 1. The third kappa shape index (κ3) is 4.45. The number of esters is 1. The first-order valence-corrected chi connectivity index (χ1v) is 8.83. The average Bonchev–Trinajstić information content (AvgIpc) is 3.01. The van der Waals surface area contributed by atoms with E-state index >= 15 is 0 Å². The zero-order chi connectivity index (χ0) is 19.1. The van der Waals surface area contributed by atoms with Gasteiger partial charge in [-0.1, -0.05) is 25.1 Å². The molecule has 0 fully saturated rings. The van der Waals surface area contributed by atoms with Crippen molar-refractivity contribution < 1.29 is 14.3 Å². The van der Waals surface area contributed by atoms with Gasteiger partial charge in [0.05, 0.1) is 12.7 Å². The highest BCUT2D eigenvalue weighted by Gasteiger charge is 2.23. The van der Waals surface area contributed by atoms with Gasteiger partial charge in [-0.3, -0.25) is 4.79 Å². The van der Waals surface area contributed by atoms with Crippen molar-refractivity contribution in [2.45, 2.75) is 26.7 Å². The van der Waals surface area contributed by atoms with E-state index in [0.29, 0.717) is 29.8 Å². The monoisotopic (exact) mass is 357 g/mol. The number of hydrogen-bond acceptors (Lipinski definition) is 4. The minimum atomic E-state index is -0.417. The van der Waals surface area contributed by atoms with Gasteiger partial charge in [0, 0.05) is 31.5 Å². The van der Waals surface area contributed by atoms with Gasteiger partial charge >= 0.3 is 5.97 Å². The topological polar surface area (TPSA) is 74.4 Å². The summed E-state index contributed by atoms with van der Waals surface area (Å²) in [5.41, 5.74) is 3.40. The number of methoxy groups -OCH3 is 1. The maximum Gasteiger partial charge on any atom is 0.339 e. The highest BCUT2D eigenvalue weighted by Crippen LogP contribution is 2.20. The maximum absolute atomic E-state index is 12.5. The van der Waals surface area contributed by atoms with E-state index in [2.05, 4.69) is 27.3 Å². The van der Waals surface area contributed by atoms with Crippen LogP contribution in [0, 0.1) is 6.92 Å². The molecule has 0 atom stereocenters. The predicted octanol–water partition coefficient (Wildman–Crippen LogP) is 2.93. The molecule has 2 aromatic rings. The first-order chi connectivity index (χ1) is 12.5. The van der Waals surface area contributed by atoms with Gasteiger partial charge in [0.15, 0.2) is 0 Å². The van der Waals surface area contributed by atoms with Crippen LogP contribution in [0.15, 0.2) is 30.3 Å². The zero-order valence-corrected chi connectivity index (χ0v) is 15.9. The van der Waals surface area contributed by atoms with Crippen LogP contribution in [-0.4, -0.2) is 44.1 Å². The van der Waals surface area contributed by atoms with Crippen molar-refractivity contribution in [2.24, 2.45) is 0 Å². The second kappa shape index (κ2) is 9.08. The lowest BCUT2D eigenvalue weighted by atomic mass is 10.1. The molecule has 1 heterocycles. The highest BCUT2D eigenvalue weighted by atomic mass is 16.5. The smallest absolute Gasteiger partial charge is 0.339 e. The summed E-state index contributed by atoms with van der Waals surface area (Å²) >= 11 is 0. The number of ether oxygens (including phenoxy) is 1. The molecular weight excluding hydrogens is 330 g/mol. The van der Waals surface area contributed by atoms with E-state index in [1.807, 2.05) is 32.2 Å². The minimum absolute atomic E-state index is 0.199. The Bertz CT molecular complexity index is 753. The van der Waals surface area contributed by atoms with E-state index in [4.69, 9.17) is 4.74 Å². The van der Waals surface area contributed by atoms with Gasteiger partial charge in [0.25, 0.3) is 5.91 Å². The molecule has 0 saturated carbocycles. The number of H-pyrrole nitrogens is 1. The number of rotatable bonds is 8. The van der Waals surface area contributed by atoms with Crippen LogP contribution in [0.4, 0.5) is 5.69 Å². The molecule has 0 radical (unpaired) electrons. The van der Waals surface area contributed by atoms with E-state index in [0.717, 1.165) is 24.3 Å². The number of aromatic nitrogens is 1. The van der Waals surface area contributed by atoms with Gasteiger partial charge in [-0.25, -0.2) is 4.79 Å². The Balaban J connectivity index is 1.92. The Morgan fingerprint density at radius 2 is 1.92 bits per heavy atom. The number of anilines is 1. The molecule has 0 aliphatic rings. The molecule has 1 aromatic carbocycles. The van der Waals surface area contributed by atoms with Crippen LogP contribution in [0.5, 0.6) is 0 Å². The fraction of sp³-hybridized carbons (Fsp3) is 0.400. The predicted molar refractivity (Wildman–Crippen MR) is 103 cm³/mol. The number of nitrogens with zero attached hydrogens (tertiary/aromatic N) is 1. The van der Waals surface area contributed by atoms with Gasteiger partial charge in [0.1, 0.15) is 5.69 Å². The SMILES string of the molecule is CCc1[nH]c(C(=O)NCCCN(C)c2ccccc2)c(C)c1C(=O)OC. The van der Waals surface area contributed by atoms with Crippen molar-refractivity contribution in [3.8, 4) is 0 Å². The molecule has 1 amide bonds. The Labute approximate surface area is 154 Å². The highest BCUT2D eigenvalue weighted by molar-refractivity contribution is 6.00. The Morgan fingerprint density at radius 1 is 1.23 bits per heavy atom. The average molecular weight is 357 g/mol. The molecule has 0 aliphatic heterocycles. The van der Waals surface area contributed by atoms with Crippen molar-refractivity contribution >= 4 is 17.6 Å². The molecular formula is C20H27N3O3. The molecule has 0 spiro atoms. The minimum Gasteiger partial charge on any atom is -0.465 e. The Kier molecular flexibility index (Phi) is 6.83. The zero-order valence-electron chi connectivity index (χ0n) is 15.9. The summed E-state index contributed by atoms with van der Waals surface area (Å²) < 4.78 is 4.82. The summed E-state index contributed by atoms with van der Waals surface area (Å²) in [5, 5.41) is 2.92.